The molecule has 0 fully saturated rings. The van der Waals surface area contributed by atoms with Crippen molar-refractivity contribution >= 4 is 52.2 Å². The number of para-hydroxylation sites is 1. The highest BCUT2D eigenvalue weighted by atomic mass is 16.4. The quantitative estimate of drug-likeness (QED) is 0.0403. The molecule has 0 bridgehead atoms. The van der Waals surface area contributed by atoms with Gasteiger partial charge in [0.05, 0.1) is 11.1 Å². The number of aliphatic carboxylic acids is 1. The number of carbonyl (C=O) groups is 5. The van der Waals surface area contributed by atoms with Crippen LogP contribution in [-0.2, 0) is 24.2 Å². The second kappa shape index (κ2) is 21.3. The van der Waals surface area contributed by atoms with Crippen LogP contribution in [0.5, 0.6) is 0 Å². The summed E-state index contributed by atoms with van der Waals surface area (Å²) >= 11 is 0. The van der Waals surface area contributed by atoms with E-state index in [0.717, 1.165) is 48.8 Å². The number of aromatic carboxylic acids is 1. The zero-order valence-corrected chi connectivity index (χ0v) is 33.9. The molecular formula is C46H54N6O7. The number of aryl methyl sites for hydroxylation is 2. The Morgan fingerprint density at radius 2 is 1.39 bits per heavy atom. The molecule has 310 valence electrons. The number of fused-ring (bicyclic) bond motifs is 1. The molecule has 0 aliphatic heterocycles. The predicted molar refractivity (Wildman–Crippen MR) is 230 cm³/mol. The molecule has 5 aromatic rings. The number of H-pyrrole nitrogens is 1. The molecule has 13 heteroatoms. The van der Waals surface area contributed by atoms with E-state index >= 15 is 0 Å². The summed E-state index contributed by atoms with van der Waals surface area (Å²) in [6, 6.07) is 29.4. The minimum Gasteiger partial charge on any atom is -0.481 e. The van der Waals surface area contributed by atoms with Crippen LogP contribution in [-0.4, -0.2) is 87.5 Å². The lowest BCUT2D eigenvalue weighted by Crippen LogP contribution is -2.44. The Kier molecular flexibility index (Phi) is 15.8. The SMILES string of the molecule is CCC(CC)N(CCN(C)C(=O)NCCCC(=O)O)Cc1cccc(C(=O)Nc2[nH]c3ccccc3c2C(=O)Nc2ccc(CCCc3ccc(C(=O)O)cc3)cc2)c1. The molecule has 0 aliphatic rings. The number of carbonyl (C=O) groups excluding carboxylic acids is 3. The summed E-state index contributed by atoms with van der Waals surface area (Å²) in [6.45, 7) is 6.17. The second-order valence-electron chi connectivity index (χ2n) is 14.7. The number of amides is 4. The van der Waals surface area contributed by atoms with Gasteiger partial charge in [0.25, 0.3) is 11.8 Å². The van der Waals surface area contributed by atoms with E-state index in [2.05, 4.69) is 39.7 Å². The zero-order chi connectivity index (χ0) is 42.3. The molecule has 1 heterocycles. The second-order valence-corrected chi connectivity index (χ2v) is 14.7. The number of nitrogens with one attached hydrogen (secondary N) is 4. The van der Waals surface area contributed by atoms with Crippen molar-refractivity contribution in [1.29, 1.82) is 0 Å². The molecule has 6 N–H and O–H groups in total. The fourth-order valence-electron chi connectivity index (χ4n) is 7.11. The number of rotatable bonds is 21. The van der Waals surface area contributed by atoms with Crippen LogP contribution in [0, 0.1) is 0 Å². The Morgan fingerprint density at radius 3 is 2.05 bits per heavy atom. The number of aromatic nitrogens is 1. The average Bonchev–Trinajstić information content (AvgIpc) is 3.60. The summed E-state index contributed by atoms with van der Waals surface area (Å²) < 4.78 is 0. The van der Waals surface area contributed by atoms with E-state index in [1.807, 2.05) is 78.9 Å². The number of aromatic amines is 1. The lowest BCUT2D eigenvalue weighted by Gasteiger charge is -2.32. The third-order valence-electron chi connectivity index (χ3n) is 10.5. The monoisotopic (exact) mass is 802 g/mol. The number of anilines is 2. The standard InChI is InChI=1S/C46H54N6O7/c1-4-37(5-2)52(28-27-51(3)46(59)47-26-10-17-40(53)54)30-33-13-9-14-35(29-33)43(55)50-42-41(38-15-6-7-16-39(38)49-42)44(56)48-36-24-20-32(21-25-36)12-8-11-31-18-22-34(23-19-31)45(57)58/h6-7,9,13-16,18-25,29,37,49H,4-5,8,10-12,17,26-28,30H2,1-3H3,(H,47,59)(H,48,56)(H,50,55)(H,53,54)(H,57,58). The lowest BCUT2D eigenvalue weighted by molar-refractivity contribution is -0.137. The normalized spacial score (nSPS) is 11.1. The fourth-order valence-corrected chi connectivity index (χ4v) is 7.11. The van der Waals surface area contributed by atoms with E-state index in [9.17, 15) is 24.0 Å². The first-order valence-corrected chi connectivity index (χ1v) is 20.1. The van der Waals surface area contributed by atoms with Crippen LogP contribution in [0.15, 0.2) is 97.1 Å². The van der Waals surface area contributed by atoms with Gasteiger partial charge in [0.2, 0.25) is 0 Å². The molecule has 0 saturated heterocycles. The Bertz CT molecular complexity index is 2210. The van der Waals surface area contributed by atoms with Gasteiger partial charge in [-0.05, 0) is 97.7 Å². The minimum atomic E-state index is -0.940. The Balaban J connectivity index is 1.22. The number of hydrogen-bond acceptors (Lipinski definition) is 6. The number of nitrogens with zero attached hydrogens (tertiary/aromatic N) is 2. The summed E-state index contributed by atoms with van der Waals surface area (Å²) in [4.78, 5) is 69.4. The number of carboxylic acid groups (broad SMARTS) is 2. The molecule has 0 saturated carbocycles. The fraction of sp³-hybridized carbons (Fsp3) is 0.326. The van der Waals surface area contributed by atoms with E-state index in [1.165, 1.54) is 0 Å². The molecule has 0 radical (unpaired) electrons. The topological polar surface area (TPSA) is 184 Å². The van der Waals surface area contributed by atoms with Crippen molar-refractivity contribution in [2.75, 3.05) is 37.3 Å². The first kappa shape index (κ1) is 43.6. The van der Waals surface area contributed by atoms with Gasteiger partial charge in [0, 0.05) is 67.8 Å². The highest BCUT2D eigenvalue weighted by Crippen LogP contribution is 2.28. The number of carboxylic acids is 2. The van der Waals surface area contributed by atoms with Gasteiger partial charge in [-0.3, -0.25) is 19.3 Å². The van der Waals surface area contributed by atoms with Crippen molar-refractivity contribution in [2.24, 2.45) is 0 Å². The molecule has 1 aromatic heterocycles. The lowest BCUT2D eigenvalue weighted by atomic mass is 10.0. The molecule has 0 atom stereocenters. The Morgan fingerprint density at radius 1 is 0.712 bits per heavy atom. The number of benzene rings is 4. The summed E-state index contributed by atoms with van der Waals surface area (Å²) in [5.74, 6) is -2.29. The van der Waals surface area contributed by atoms with Crippen LogP contribution in [0.3, 0.4) is 0 Å². The van der Waals surface area contributed by atoms with Gasteiger partial charge in [-0.1, -0.05) is 68.4 Å². The van der Waals surface area contributed by atoms with Gasteiger partial charge in [0.15, 0.2) is 0 Å². The van der Waals surface area contributed by atoms with Crippen molar-refractivity contribution in [3.63, 3.8) is 0 Å². The van der Waals surface area contributed by atoms with Crippen molar-refractivity contribution < 1.29 is 34.2 Å². The average molecular weight is 803 g/mol. The van der Waals surface area contributed by atoms with Crippen molar-refractivity contribution in [1.82, 2.24) is 20.1 Å². The van der Waals surface area contributed by atoms with Crippen molar-refractivity contribution in [2.45, 2.75) is 71.4 Å². The third-order valence-corrected chi connectivity index (χ3v) is 10.5. The molecule has 4 amide bonds. The molecule has 0 spiro atoms. The van der Waals surface area contributed by atoms with Gasteiger partial charge in [-0.15, -0.1) is 0 Å². The molecule has 0 unspecified atom stereocenters. The van der Waals surface area contributed by atoms with Crippen molar-refractivity contribution in [3.8, 4) is 0 Å². The van der Waals surface area contributed by atoms with E-state index in [0.29, 0.717) is 53.8 Å². The summed E-state index contributed by atoms with van der Waals surface area (Å²) in [5, 5.41) is 27.4. The van der Waals surface area contributed by atoms with E-state index < -0.39 is 11.9 Å². The van der Waals surface area contributed by atoms with Crippen molar-refractivity contribution in [3.05, 3.63) is 130 Å². The van der Waals surface area contributed by atoms with Gasteiger partial charge >= 0.3 is 18.0 Å². The van der Waals surface area contributed by atoms with Crippen LogP contribution in [0.1, 0.15) is 93.7 Å². The largest absolute Gasteiger partial charge is 0.481 e. The van der Waals surface area contributed by atoms with Gasteiger partial charge in [0.1, 0.15) is 5.82 Å². The minimum absolute atomic E-state index is 0.00221. The first-order valence-electron chi connectivity index (χ1n) is 20.1. The Labute approximate surface area is 344 Å². The highest BCUT2D eigenvalue weighted by molar-refractivity contribution is 6.19. The van der Waals surface area contributed by atoms with Crippen LogP contribution in [0.4, 0.5) is 16.3 Å². The molecule has 13 nitrogen and oxygen atoms in total. The zero-order valence-electron chi connectivity index (χ0n) is 33.9. The van der Waals surface area contributed by atoms with Crippen LogP contribution < -0.4 is 16.0 Å². The number of likely N-dealkylation sites (N-methyl/N-ethyl adjacent to an activating group) is 1. The molecule has 4 aromatic carbocycles. The van der Waals surface area contributed by atoms with Crippen LogP contribution in [0.25, 0.3) is 10.9 Å². The van der Waals surface area contributed by atoms with Gasteiger partial charge in [-0.25, -0.2) is 9.59 Å². The maximum atomic E-state index is 13.9. The smallest absolute Gasteiger partial charge is 0.335 e. The summed E-state index contributed by atoms with van der Waals surface area (Å²) in [6.07, 6.45) is 4.69. The molecule has 5 rings (SSSR count). The number of urea groups is 1. The third kappa shape index (κ3) is 12.5. The Hall–Kier alpha value is -6.47. The molecular weight excluding hydrogens is 749 g/mol. The summed E-state index contributed by atoms with van der Waals surface area (Å²) in [7, 11) is 1.72. The van der Waals surface area contributed by atoms with E-state index in [-0.39, 0.29) is 48.2 Å². The first-order chi connectivity index (χ1) is 28.4. The molecule has 59 heavy (non-hydrogen) atoms. The van der Waals surface area contributed by atoms with Crippen LogP contribution in [0.2, 0.25) is 0 Å². The maximum absolute atomic E-state index is 13.9. The van der Waals surface area contributed by atoms with Gasteiger partial charge in [-0.2, -0.15) is 0 Å². The predicted octanol–water partition coefficient (Wildman–Crippen LogP) is 8.04. The van der Waals surface area contributed by atoms with E-state index in [4.69, 9.17) is 10.2 Å². The van der Waals surface area contributed by atoms with E-state index in [1.54, 1.807) is 30.1 Å². The van der Waals surface area contributed by atoms with Crippen LogP contribution >= 0.6 is 0 Å². The molecule has 0 aliphatic carbocycles. The number of hydrogen-bond donors (Lipinski definition) is 6. The van der Waals surface area contributed by atoms with Gasteiger partial charge < -0.3 is 36.0 Å². The summed E-state index contributed by atoms with van der Waals surface area (Å²) in [5.41, 5.74) is 5.45. The maximum Gasteiger partial charge on any atom is 0.335 e. The highest BCUT2D eigenvalue weighted by Gasteiger charge is 2.22.